The lowest BCUT2D eigenvalue weighted by Gasteiger charge is -2.15. The van der Waals surface area contributed by atoms with E-state index in [9.17, 15) is 4.79 Å². The molecule has 0 saturated carbocycles. The number of methoxy groups -OCH3 is 3. The predicted molar refractivity (Wildman–Crippen MR) is 92.7 cm³/mol. The van der Waals surface area contributed by atoms with E-state index in [1.165, 1.54) is 14.2 Å². The van der Waals surface area contributed by atoms with Crippen LogP contribution in [0.15, 0.2) is 36.4 Å². The Balaban J connectivity index is 2.50. The summed E-state index contributed by atoms with van der Waals surface area (Å²) in [5.74, 6) is 2.36. The molecule has 0 aliphatic rings. The van der Waals surface area contributed by atoms with E-state index in [0.29, 0.717) is 40.6 Å². The van der Waals surface area contributed by atoms with Crippen molar-refractivity contribution in [1.82, 2.24) is 0 Å². The Morgan fingerprint density at radius 2 is 1.46 bits per heavy atom. The summed E-state index contributed by atoms with van der Waals surface area (Å²) in [6.07, 6.45) is 4.58. The van der Waals surface area contributed by atoms with Gasteiger partial charge < -0.3 is 18.9 Å². The number of aldehydes is 1. The maximum atomic E-state index is 11.4. The van der Waals surface area contributed by atoms with Gasteiger partial charge in [-0.3, -0.25) is 4.79 Å². The van der Waals surface area contributed by atoms with Crippen LogP contribution < -0.4 is 18.9 Å². The van der Waals surface area contributed by atoms with E-state index in [2.05, 4.69) is 0 Å². The Hall–Kier alpha value is -2.95. The lowest BCUT2D eigenvalue weighted by atomic mass is 10.1. The molecule has 0 saturated heterocycles. The normalized spacial score (nSPS) is 10.5. The molecule has 2 aromatic rings. The Morgan fingerprint density at radius 1 is 0.792 bits per heavy atom. The Labute approximate surface area is 141 Å². The van der Waals surface area contributed by atoms with Crippen molar-refractivity contribution in [3.63, 3.8) is 0 Å². The molecule has 0 aromatic heterocycles. The average Bonchev–Trinajstić information content (AvgIpc) is 2.61. The quantitative estimate of drug-likeness (QED) is 0.707. The van der Waals surface area contributed by atoms with Gasteiger partial charge in [0.1, 0.15) is 5.75 Å². The summed E-state index contributed by atoms with van der Waals surface area (Å²) in [7, 11) is 4.60. The summed E-state index contributed by atoms with van der Waals surface area (Å²) in [5.41, 5.74) is 1.31. The zero-order valence-corrected chi connectivity index (χ0v) is 14.2. The van der Waals surface area contributed by atoms with Crippen molar-refractivity contribution in [2.45, 2.75) is 6.92 Å². The molecule has 0 N–H and O–H groups in total. The molecule has 0 unspecified atom stereocenters. The van der Waals surface area contributed by atoms with Gasteiger partial charge in [-0.05, 0) is 30.7 Å². The van der Waals surface area contributed by atoms with Gasteiger partial charge in [0.25, 0.3) is 0 Å². The maximum Gasteiger partial charge on any atom is 0.169 e. The molecule has 0 aliphatic carbocycles. The summed E-state index contributed by atoms with van der Waals surface area (Å²) < 4.78 is 21.7. The van der Waals surface area contributed by atoms with E-state index in [4.69, 9.17) is 18.9 Å². The number of rotatable bonds is 7. The number of hydrogen-bond acceptors (Lipinski definition) is 5. The lowest BCUT2D eigenvalue weighted by molar-refractivity contribution is 0.112. The van der Waals surface area contributed by atoms with Crippen LogP contribution in [0.25, 0.3) is 6.08 Å². The van der Waals surface area contributed by atoms with E-state index in [1.807, 2.05) is 37.3 Å². The molecule has 0 bridgehead atoms. The van der Waals surface area contributed by atoms with Gasteiger partial charge in [0, 0.05) is 6.07 Å². The molecule has 0 fully saturated rings. The molecule has 2 rings (SSSR count). The topological polar surface area (TPSA) is 54.0 Å². The fourth-order valence-electron chi connectivity index (χ4n) is 2.24. The van der Waals surface area contributed by atoms with E-state index >= 15 is 0 Å². The number of allylic oxidation sites excluding steroid dienone is 1. The van der Waals surface area contributed by atoms with Gasteiger partial charge in [-0.1, -0.05) is 18.2 Å². The minimum atomic E-state index is 0.353. The lowest BCUT2D eigenvalue weighted by Crippen LogP contribution is -1.97. The van der Waals surface area contributed by atoms with Crippen LogP contribution in [0.1, 0.15) is 22.8 Å². The number of benzene rings is 2. The number of carbonyl (C=O) groups is 1. The van der Waals surface area contributed by atoms with Crippen molar-refractivity contribution in [2.75, 3.05) is 21.3 Å². The van der Waals surface area contributed by atoms with Gasteiger partial charge in [-0.25, -0.2) is 0 Å². The summed E-state index contributed by atoms with van der Waals surface area (Å²) in [5, 5.41) is 0. The van der Waals surface area contributed by atoms with Gasteiger partial charge in [0.05, 0.1) is 26.9 Å². The van der Waals surface area contributed by atoms with Gasteiger partial charge in [0.15, 0.2) is 29.3 Å². The zero-order chi connectivity index (χ0) is 17.5. The number of carbonyl (C=O) groups excluding carboxylic acids is 1. The molecule has 0 spiro atoms. The van der Waals surface area contributed by atoms with Crippen LogP contribution in [0.2, 0.25) is 0 Å². The molecule has 0 heterocycles. The monoisotopic (exact) mass is 328 g/mol. The average molecular weight is 328 g/mol. The highest BCUT2D eigenvalue weighted by atomic mass is 16.5. The summed E-state index contributed by atoms with van der Waals surface area (Å²) in [6, 6.07) is 8.75. The van der Waals surface area contributed by atoms with Crippen LogP contribution in [-0.4, -0.2) is 27.6 Å². The van der Waals surface area contributed by atoms with Crippen LogP contribution in [0.5, 0.6) is 28.7 Å². The van der Waals surface area contributed by atoms with Crippen molar-refractivity contribution < 1.29 is 23.7 Å². The second-order valence-corrected chi connectivity index (χ2v) is 4.88. The van der Waals surface area contributed by atoms with Gasteiger partial charge in [0.2, 0.25) is 0 Å². The first-order valence-corrected chi connectivity index (χ1v) is 7.36. The number of ether oxygens (including phenoxy) is 4. The third-order valence-corrected chi connectivity index (χ3v) is 3.41. The standard InChI is InChI=1S/C19H20O5/c1-5-6-13-7-8-15(21-2)19(9-13)24-16-11-18(23-4)17(22-3)10-14(16)12-20/h5-12H,1-4H3/b6-5+. The Morgan fingerprint density at radius 3 is 2.04 bits per heavy atom. The van der Waals surface area contributed by atoms with Crippen LogP contribution in [0, 0.1) is 0 Å². The van der Waals surface area contributed by atoms with E-state index in [0.717, 1.165) is 5.56 Å². The molecule has 0 amide bonds. The smallest absolute Gasteiger partial charge is 0.169 e. The number of hydrogen-bond donors (Lipinski definition) is 0. The molecule has 126 valence electrons. The third kappa shape index (κ3) is 3.68. The van der Waals surface area contributed by atoms with Crippen LogP contribution in [0.3, 0.4) is 0 Å². The second-order valence-electron chi connectivity index (χ2n) is 4.88. The summed E-state index contributed by atoms with van der Waals surface area (Å²) >= 11 is 0. The fourth-order valence-corrected chi connectivity index (χ4v) is 2.24. The zero-order valence-electron chi connectivity index (χ0n) is 14.2. The molecule has 5 heteroatoms. The van der Waals surface area contributed by atoms with Crippen molar-refractivity contribution in [2.24, 2.45) is 0 Å². The van der Waals surface area contributed by atoms with Crippen molar-refractivity contribution in [3.05, 3.63) is 47.5 Å². The first-order chi connectivity index (χ1) is 11.7. The van der Waals surface area contributed by atoms with Crippen LogP contribution in [-0.2, 0) is 0 Å². The first kappa shape index (κ1) is 17.4. The summed E-state index contributed by atoms with van der Waals surface area (Å²) in [4.78, 5) is 11.4. The Kier molecular flexibility index (Phi) is 5.84. The van der Waals surface area contributed by atoms with E-state index in [-0.39, 0.29) is 0 Å². The molecule has 2 aromatic carbocycles. The minimum absolute atomic E-state index is 0.353. The fraction of sp³-hybridized carbons (Fsp3) is 0.211. The highest BCUT2D eigenvalue weighted by molar-refractivity contribution is 5.81. The third-order valence-electron chi connectivity index (χ3n) is 3.41. The highest BCUT2D eigenvalue weighted by Crippen LogP contribution is 2.39. The van der Waals surface area contributed by atoms with Gasteiger partial charge in [-0.2, -0.15) is 0 Å². The molecular weight excluding hydrogens is 308 g/mol. The predicted octanol–water partition coefficient (Wildman–Crippen LogP) is 4.35. The first-order valence-electron chi connectivity index (χ1n) is 7.36. The minimum Gasteiger partial charge on any atom is -0.493 e. The summed E-state index contributed by atoms with van der Waals surface area (Å²) in [6.45, 7) is 1.93. The molecule has 0 aliphatic heterocycles. The van der Waals surface area contributed by atoms with Gasteiger partial charge >= 0.3 is 0 Å². The van der Waals surface area contributed by atoms with Gasteiger partial charge in [-0.15, -0.1) is 0 Å². The SMILES string of the molecule is C/C=C/c1ccc(OC)c(Oc2cc(OC)c(OC)cc2C=O)c1. The largest absolute Gasteiger partial charge is 0.493 e. The Bertz CT molecular complexity index is 750. The van der Waals surface area contributed by atoms with E-state index < -0.39 is 0 Å². The maximum absolute atomic E-state index is 11.4. The molecular formula is C19H20O5. The van der Waals surface area contributed by atoms with Crippen molar-refractivity contribution >= 4 is 12.4 Å². The van der Waals surface area contributed by atoms with E-state index in [1.54, 1.807) is 19.2 Å². The second kappa shape index (κ2) is 8.06. The van der Waals surface area contributed by atoms with Crippen LogP contribution >= 0.6 is 0 Å². The molecule has 24 heavy (non-hydrogen) atoms. The molecule has 0 atom stereocenters. The van der Waals surface area contributed by atoms with Crippen molar-refractivity contribution in [1.29, 1.82) is 0 Å². The van der Waals surface area contributed by atoms with Crippen LogP contribution in [0.4, 0.5) is 0 Å². The van der Waals surface area contributed by atoms with Crippen molar-refractivity contribution in [3.8, 4) is 28.7 Å². The molecule has 0 radical (unpaired) electrons. The molecule has 5 nitrogen and oxygen atoms in total. The highest BCUT2D eigenvalue weighted by Gasteiger charge is 2.15.